The highest BCUT2D eigenvalue weighted by Gasteiger charge is 2.13. The lowest BCUT2D eigenvalue weighted by molar-refractivity contribution is 0.100. The Morgan fingerprint density at radius 1 is 1.40 bits per heavy atom. The third-order valence-corrected chi connectivity index (χ3v) is 2.91. The molecule has 0 aliphatic heterocycles. The van der Waals surface area contributed by atoms with Crippen molar-refractivity contribution in [3.05, 3.63) is 29.3 Å². The first-order valence-electron chi connectivity index (χ1n) is 6.53. The van der Waals surface area contributed by atoms with Crippen LogP contribution in [0.5, 0.6) is 0 Å². The molecule has 7 heteroatoms. The summed E-state index contributed by atoms with van der Waals surface area (Å²) in [5.41, 5.74) is 6.47. The van der Waals surface area contributed by atoms with E-state index in [0.717, 1.165) is 30.2 Å². The van der Waals surface area contributed by atoms with Crippen LogP contribution < -0.4 is 11.1 Å². The summed E-state index contributed by atoms with van der Waals surface area (Å²) in [4.78, 5) is 20.1. The third-order valence-electron chi connectivity index (χ3n) is 2.91. The minimum Gasteiger partial charge on any atom is -0.370 e. The Balaban J connectivity index is 2.53. The molecule has 0 bridgehead atoms. The number of hydrogen-bond donors (Lipinski definition) is 2. The molecule has 106 valence electrons. The molecule has 7 nitrogen and oxygen atoms in total. The van der Waals surface area contributed by atoms with Gasteiger partial charge in [0.05, 0.1) is 11.8 Å². The second-order valence-corrected chi connectivity index (χ2v) is 4.36. The van der Waals surface area contributed by atoms with Crippen molar-refractivity contribution >= 4 is 11.7 Å². The van der Waals surface area contributed by atoms with Crippen LogP contribution in [0.2, 0.25) is 0 Å². The zero-order valence-electron chi connectivity index (χ0n) is 11.8. The highest BCUT2D eigenvalue weighted by Crippen LogP contribution is 2.19. The maximum atomic E-state index is 11.1. The molecule has 0 saturated carbocycles. The Bertz CT molecular complexity index is 634. The number of anilines is 1. The number of hydrogen-bond acceptors (Lipinski definition) is 5. The monoisotopic (exact) mass is 274 g/mol. The van der Waals surface area contributed by atoms with Gasteiger partial charge in [-0.1, -0.05) is 6.92 Å². The molecule has 0 spiro atoms. The van der Waals surface area contributed by atoms with Crippen LogP contribution in [-0.2, 0) is 6.42 Å². The van der Waals surface area contributed by atoms with E-state index in [4.69, 9.17) is 5.73 Å². The fraction of sp³-hybridized carbons (Fsp3) is 0.385. The Hall–Kier alpha value is -2.44. The average molecular weight is 274 g/mol. The van der Waals surface area contributed by atoms with Crippen LogP contribution in [0.25, 0.3) is 5.82 Å². The van der Waals surface area contributed by atoms with Gasteiger partial charge in [-0.15, -0.1) is 0 Å². The molecule has 2 aromatic rings. The van der Waals surface area contributed by atoms with Gasteiger partial charge < -0.3 is 11.1 Å². The van der Waals surface area contributed by atoms with Crippen LogP contribution in [0.3, 0.4) is 0 Å². The van der Waals surface area contributed by atoms with E-state index >= 15 is 0 Å². The zero-order valence-corrected chi connectivity index (χ0v) is 11.8. The maximum Gasteiger partial charge on any atom is 0.251 e. The molecule has 0 aliphatic rings. The van der Waals surface area contributed by atoms with Gasteiger partial charge >= 0.3 is 0 Å². The Kier molecular flexibility index (Phi) is 3.97. The molecule has 0 aliphatic carbocycles. The van der Waals surface area contributed by atoms with Gasteiger partial charge in [0, 0.05) is 24.7 Å². The van der Waals surface area contributed by atoms with E-state index in [1.807, 2.05) is 20.8 Å². The zero-order chi connectivity index (χ0) is 14.7. The number of nitrogens with one attached hydrogen (secondary N) is 1. The minimum atomic E-state index is -0.509. The van der Waals surface area contributed by atoms with E-state index in [0.29, 0.717) is 11.4 Å². The number of rotatable bonds is 5. The number of aryl methyl sites for hydroxylation is 1. The van der Waals surface area contributed by atoms with Crippen LogP contribution in [-0.4, -0.2) is 32.2 Å². The van der Waals surface area contributed by atoms with Gasteiger partial charge in [-0.3, -0.25) is 4.79 Å². The smallest absolute Gasteiger partial charge is 0.251 e. The van der Waals surface area contributed by atoms with Crippen molar-refractivity contribution in [3.8, 4) is 5.82 Å². The van der Waals surface area contributed by atoms with Crippen molar-refractivity contribution in [2.24, 2.45) is 5.73 Å². The summed E-state index contributed by atoms with van der Waals surface area (Å²) in [5, 5.41) is 7.35. The van der Waals surface area contributed by atoms with Crippen LogP contribution in [0.15, 0.2) is 12.4 Å². The summed E-state index contributed by atoms with van der Waals surface area (Å²) >= 11 is 0. The lowest BCUT2D eigenvalue weighted by Gasteiger charge is -2.12. The molecule has 0 saturated heterocycles. The summed E-state index contributed by atoms with van der Waals surface area (Å²) in [6.07, 6.45) is 3.73. The first-order valence-corrected chi connectivity index (χ1v) is 6.53. The van der Waals surface area contributed by atoms with Crippen LogP contribution in [0.1, 0.15) is 35.6 Å². The molecule has 0 atom stereocenters. The number of nitrogens with two attached hydrogens (primary N) is 1. The van der Waals surface area contributed by atoms with Crippen molar-refractivity contribution in [2.45, 2.75) is 27.2 Å². The van der Waals surface area contributed by atoms with Gasteiger partial charge in [0.25, 0.3) is 5.91 Å². The predicted octanol–water partition coefficient (Wildman–Crippen LogP) is 1.06. The van der Waals surface area contributed by atoms with Gasteiger partial charge in [-0.2, -0.15) is 5.10 Å². The summed E-state index contributed by atoms with van der Waals surface area (Å²) in [7, 11) is 0. The lowest BCUT2D eigenvalue weighted by Crippen LogP contribution is -2.12. The molecular weight excluding hydrogens is 256 g/mol. The SMILES string of the molecule is CCNc1nc(CC)nc(-n2cc(C(N)=O)cn2)c1C. The summed E-state index contributed by atoms with van der Waals surface area (Å²) in [5.74, 6) is 1.65. The Morgan fingerprint density at radius 3 is 2.70 bits per heavy atom. The number of nitrogens with zero attached hydrogens (tertiary/aromatic N) is 4. The van der Waals surface area contributed by atoms with E-state index in [2.05, 4.69) is 20.4 Å². The van der Waals surface area contributed by atoms with Gasteiger partial charge in [-0.25, -0.2) is 14.6 Å². The van der Waals surface area contributed by atoms with Gasteiger partial charge in [0.1, 0.15) is 11.6 Å². The first kappa shape index (κ1) is 14.0. The fourth-order valence-electron chi connectivity index (χ4n) is 1.84. The molecule has 0 radical (unpaired) electrons. The van der Waals surface area contributed by atoms with Crippen LogP contribution in [0, 0.1) is 6.92 Å². The molecule has 3 N–H and O–H groups in total. The van der Waals surface area contributed by atoms with E-state index < -0.39 is 5.91 Å². The Morgan fingerprint density at radius 2 is 2.15 bits per heavy atom. The molecule has 2 rings (SSSR count). The first-order chi connectivity index (χ1) is 9.56. The molecular formula is C13H18N6O. The normalized spacial score (nSPS) is 10.6. The van der Waals surface area contributed by atoms with Crippen LogP contribution in [0.4, 0.5) is 5.82 Å². The Labute approximate surface area is 117 Å². The lowest BCUT2D eigenvalue weighted by atomic mass is 10.3. The molecule has 0 unspecified atom stereocenters. The number of aromatic nitrogens is 4. The van der Waals surface area contributed by atoms with Crippen molar-refractivity contribution in [2.75, 3.05) is 11.9 Å². The number of carbonyl (C=O) groups excluding carboxylic acids is 1. The van der Waals surface area contributed by atoms with E-state index in [9.17, 15) is 4.79 Å². The van der Waals surface area contributed by atoms with Crippen LogP contribution >= 0.6 is 0 Å². The quantitative estimate of drug-likeness (QED) is 0.849. The van der Waals surface area contributed by atoms with Crippen molar-refractivity contribution in [1.29, 1.82) is 0 Å². The summed E-state index contributed by atoms with van der Waals surface area (Å²) in [6, 6.07) is 0. The molecule has 2 aromatic heterocycles. The van der Waals surface area contributed by atoms with Crippen molar-refractivity contribution in [3.63, 3.8) is 0 Å². The largest absolute Gasteiger partial charge is 0.370 e. The molecule has 0 fully saturated rings. The van der Waals surface area contributed by atoms with Crippen molar-refractivity contribution in [1.82, 2.24) is 19.7 Å². The van der Waals surface area contributed by atoms with E-state index in [1.54, 1.807) is 10.9 Å². The number of amides is 1. The highest BCUT2D eigenvalue weighted by atomic mass is 16.1. The third kappa shape index (κ3) is 2.61. The second kappa shape index (κ2) is 5.68. The second-order valence-electron chi connectivity index (χ2n) is 4.36. The van der Waals surface area contributed by atoms with Gasteiger partial charge in [0.2, 0.25) is 0 Å². The predicted molar refractivity (Wildman–Crippen MR) is 76.0 cm³/mol. The molecule has 2 heterocycles. The van der Waals surface area contributed by atoms with Gasteiger partial charge in [0.15, 0.2) is 5.82 Å². The van der Waals surface area contributed by atoms with E-state index in [-0.39, 0.29) is 0 Å². The summed E-state index contributed by atoms with van der Waals surface area (Å²) in [6.45, 7) is 6.68. The number of primary amides is 1. The standard InChI is InChI=1S/C13H18N6O/c1-4-10-17-12(15-5-2)8(3)13(18-10)19-7-9(6-16-19)11(14)20/h6-7H,4-5H2,1-3H3,(H2,14,20)(H,15,17,18). The van der Waals surface area contributed by atoms with Gasteiger partial charge in [-0.05, 0) is 13.8 Å². The minimum absolute atomic E-state index is 0.353. The topological polar surface area (TPSA) is 98.7 Å². The summed E-state index contributed by atoms with van der Waals surface area (Å²) < 4.78 is 1.55. The fourth-order valence-corrected chi connectivity index (χ4v) is 1.84. The number of carbonyl (C=O) groups is 1. The molecule has 1 amide bonds. The molecule has 20 heavy (non-hydrogen) atoms. The highest BCUT2D eigenvalue weighted by molar-refractivity contribution is 5.92. The van der Waals surface area contributed by atoms with E-state index in [1.165, 1.54) is 6.20 Å². The van der Waals surface area contributed by atoms with Crippen molar-refractivity contribution < 1.29 is 4.79 Å². The molecule has 0 aromatic carbocycles. The average Bonchev–Trinajstić information content (AvgIpc) is 2.91. The maximum absolute atomic E-state index is 11.1.